The van der Waals surface area contributed by atoms with E-state index in [1.165, 1.54) is 54.6 Å². The predicted octanol–water partition coefficient (Wildman–Crippen LogP) is 14.0. The fourth-order valence-electron chi connectivity index (χ4n) is 8.55. The summed E-state index contributed by atoms with van der Waals surface area (Å²) in [5.74, 6) is 1.92. The molecule has 0 saturated heterocycles. The van der Waals surface area contributed by atoms with E-state index >= 15 is 0 Å². The van der Waals surface area contributed by atoms with Gasteiger partial charge in [0.2, 0.25) is 0 Å². The van der Waals surface area contributed by atoms with Gasteiger partial charge in [0, 0.05) is 16.7 Å². The van der Waals surface area contributed by atoms with Gasteiger partial charge in [0.1, 0.15) is 0 Å². The van der Waals surface area contributed by atoms with Gasteiger partial charge in [-0.15, -0.1) is 0 Å². The predicted molar refractivity (Wildman–Crippen MR) is 235 cm³/mol. The van der Waals surface area contributed by atoms with Crippen molar-refractivity contribution in [3.05, 3.63) is 200 Å². The highest BCUT2D eigenvalue weighted by atomic mass is 15.0. The van der Waals surface area contributed by atoms with Gasteiger partial charge in [-0.05, 0) is 82.2 Å². The van der Waals surface area contributed by atoms with Crippen molar-refractivity contribution in [3.8, 4) is 56.4 Å². The lowest BCUT2D eigenvalue weighted by Gasteiger charge is -2.17. The molecular weight excluding hydrogens is 679 g/mol. The van der Waals surface area contributed by atoms with E-state index in [-0.39, 0.29) is 0 Å². The summed E-state index contributed by atoms with van der Waals surface area (Å²) in [6.45, 7) is 0. The standard InChI is InChI=1S/C53H33N3/c1-2-17-36(18-3-1)51-54-52(48-32-13-28-44-43(27-12-29-45(44)48)41-25-10-20-34-15-4-7-22-38(34)41)56-53(55-51)49-33-37-19-6-9-24-40(37)50-46(30-14-31-47(49)50)42-26-11-21-35-16-5-8-23-39(35)42/h1-33H. The fourth-order valence-corrected chi connectivity index (χ4v) is 8.55. The molecule has 3 heteroatoms. The average molecular weight is 712 g/mol. The highest BCUT2D eigenvalue weighted by Gasteiger charge is 2.20. The minimum Gasteiger partial charge on any atom is -0.208 e. The number of hydrogen-bond acceptors (Lipinski definition) is 3. The van der Waals surface area contributed by atoms with Crippen LogP contribution in [0.15, 0.2) is 200 Å². The van der Waals surface area contributed by atoms with Gasteiger partial charge in [-0.3, -0.25) is 0 Å². The molecule has 10 aromatic carbocycles. The third-order valence-corrected chi connectivity index (χ3v) is 11.1. The molecule has 0 radical (unpaired) electrons. The number of hydrogen-bond donors (Lipinski definition) is 0. The fraction of sp³-hybridized carbons (Fsp3) is 0. The molecule has 0 atom stereocenters. The molecule has 1 heterocycles. The van der Waals surface area contributed by atoms with Gasteiger partial charge in [-0.2, -0.15) is 0 Å². The summed E-state index contributed by atoms with van der Waals surface area (Å²) in [5, 5.41) is 11.8. The topological polar surface area (TPSA) is 38.7 Å². The first-order valence-electron chi connectivity index (χ1n) is 19.0. The van der Waals surface area contributed by atoms with Crippen molar-refractivity contribution in [2.75, 3.05) is 0 Å². The number of aromatic nitrogens is 3. The normalized spacial score (nSPS) is 11.6. The summed E-state index contributed by atoms with van der Waals surface area (Å²) in [4.78, 5) is 15.9. The van der Waals surface area contributed by atoms with Crippen LogP contribution < -0.4 is 0 Å². The van der Waals surface area contributed by atoms with Gasteiger partial charge in [0.25, 0.3) is 0 Å². The Bertz CT molecular complexity index is 3300. The first-order chi connectivity index (χ1) is 27.8. The van der Waals surface area contributed by atoms with E-state index in [9.17, 15) is 0 Å². The van der Waals surface area contributed by atoms with Gasteiger partial charge in [0.15, 0.2) is 17.5 Å². The highest BCUT2D eigenvalue weighted by Crippen LogP contribution is 2.43. The summed E-state index contributed by atoms with van der Waals surface area (Å²) in [5.41, 5.74) is 7.65. The van der Waals surface area contributed by atoms with Crippen molar-refractivity contribution in [3.63, 3.8) is 0 Å². The first-order valence-corrected chi connectivity index (χ1v) is 19.0. The third-order valence-electron chi connectivity index (χ3n) is 11.1. The second kappa shape index (κ2) is 13.1. The van der Waals surface area contributed by atoms with Gasteiger partial charge < -0.3 is 0 Å². The molecule has 11 aromatic rings. The minimum absolute atomic E-state index is 0.638. The number of rotatable bonds is 5. The molecule has 56 heavy (non-hydrogen) atoms. The molecule has 0 N–H and O–H groups in total. The SMILES string of the molecule is c1ccc(-c2nc(-c3cccc4c(-c5cccc6ccccc56)cccc34)nc(-c3cc4ccccc4c4c(-c5cccc6ccccc56)cccc34)n2)cc1. The Morgan fingerprint density at radius 1 is 0.232 bits per heavy atom. The van der Waals surface area contributed by atoms with Gasteiger partial charge in [-0.1, -0.05) is 194 Å². The van der Waals surface area contributed by atoms with E-state index in [2.05, 4.69) is 182 Å². The number of nitrogens with zero attached hydrogens (tertiary/aromatic N) is 3. The lowest BCUT2D eigenvalue weighted by molar-refractivity contribution is 1.08. The summed E-state index contributed by atoms with van der Waals surface area (Å²) in [7, 11) is 0. The largest absolute Gasteiger partial charge is 0.208 e. The molecule has 0 aliphatic rings. The van der Waals surface area contributed by atoms with Gasteiger partial charge in [-0.25, -0.2) is 15.0 Å². The Hall–Kier alpha value is -7.49. The van der Waals surface area contributed by atoms with Crippen LogP contribution in [0.5, 0.6) is 0 Å². The van der Waals surface area contributed by atoms with Crippen LogP contribution in [-0.4, -0.2) is 15.0 Å². The maximum absolute atomic E-state index is 5.39. The maximum atomic E-state index is 5.39. The van der Waals surface area contributed by atoms with Crippen molar-refractivity contribution < 1.29 is 0 Å². The Balaban J connectivity index is 1.18. The smallest absolute Gasteiger partial charge is 0.164 e. The summed E-state index contributed by atoms with van der Waals surface area (Å²) in [6, 6.07) is 71.1. The Kier molecular flexibility index (Phi) is 7.49. The maximum Gasteiger partial charge on any atom is 0.164 e. The lowest BCUT2D eigenvalue weighted by Crippen LogP contribution is -2.01. The van der Waals surface area contributed by atoms with Crippen LogP contribution in [0.2, 0.25) is 0 Å². The first kappa shape index (κ1) is 32.0. The van der Waals surface area contributed by atoms with Gasteiger partial charge in [0.05, 0.1) is 0 Å². The van der Waals surface area contributed by atoms with Crippen LogP contribution in [0.3, 0.4) is 0 Å². The lowest BCUT2D eigenvalue weighted by atomic mass is 9.89. The zero-order chi connectivity index (χ0) is 37.0. The van der Waals surface area contributed by atoms with Crippen LogP contribution >= 0.6 is 0 Å². The molecular formula is C53H33N3. The van der Waals surface area contributed by atoms with Gasteiger partial charge >= 0.3 is 0 Å². The molecule has 0 aliphatic heterocycles. The van der Waals surface area contributed by atoms with E-state index in [1.54, 1.807) is 0 Å². The molecule has 0 saturated carbocycles. The molecule has 1 aromatic heterocycles. The van der Waals surface area contributed by atoms with Crippen LogP contribution in [-0.2, 0) is 0 Å². The Morgan fingerprint density at radius 3 is 1.32 bits per heavy atom. The second-order valence-electron chi connectivity index (χ2n) is 14.3. The molecule has 0 aliphatic carbocycles. The molecule has 0 spiro atoms. The Morgan fingerprint density at radius 2 is 0.643 bits per heavy atom. The third kappa shape index (κ3) is 5.25. The van der Waals surface area contributed by atoms with Crippen LogP contribution in [0.1, 0.15) is 0 Å². The quantitative estimate of drug-likeness (QED) is 0.167. The van der Waals surface area contributed by atoms with Crippen molar-refractivity contribution in [1.82, 2.24) is 15.0 Å². The van der Waals surface area contributed by atoms with E-state index < -0.39 is 0 Å². The molecule has 0 unspecified atom stereocenters. The summed E-state index contributed by atoms with van der Waals surface area (Å²) < 4.78 is 0. The van der Waals surface area contributed by atoms with Crippen molar-refractivity contribution in [2.45, 2.75) is 0 Å². The van der Waals surface area contributed by atoms with Crippen molar-refractivity contribution >= 4 is 53.9 Å². The van der Waals surface area contributed by atoms with E-state index in [0.717, 1.165) is 38.2 Å². The molecule has 0 fully saturated rings. The molecule has 0 bridgehead atoms. The molecule has 260 valence electrons. The average Bonchev–Trinajstić information content (AvgIpc) is 3.28. The minimum atomic E-state index is 0.638. The highest BCUT2D eigenvalue weighted by molar-refractivity contribution is 6.20. The molecule has 3 nitrogen and oxygen atoms in total. The molecule has 11 rings (SSSR count). The zero-order valence-corrected chi connectivity index (χ0v) is 30.4. The number of benzene rings is 10. The monoisotopic (exact) mass is 711 g/mol. The summed E-state index contributed by atoms with van der Waals surface area (Å²) in [6.07, 6.45) is 0. The van der Waals surface area contributed by atoms with Crippen LogP contribution in [0, 0.1) is 0 Å². The molecule has 0 amide bonds. The van der Waals surface area contributed by atoms with Crippen molar-refractivity contribution in [1.29, 1.82) is 0 Å². The van der Waals surface area contributed by atoms with Crippen LogP contribution in [0.25, 0.3) is 110 Å². The van der Waals surface area contributed by atoms with E-state index in [1.807, 2.05) is 18.2 Å². The van der Waals surface area contributed by atoms with Crippen molar-refractivity contribution in [2.24, 2.45) is 0 Å². The van der Waals surface area contributed by atoms with E-state index in [4.69, 9.17) is 15.0 Å². The van der Waals surface area contributed by atoms with Crippen LogP contribution in [0.4, 0.5) is 0 Å². The second-order valence-corrected chi connectivity index (χ2v) is 14.3. The zero-order valence-electron chi connectivity index (χ0n) is 30.4. The summed E-state index contributed by atoms with van der Waals surface area (Å²) >= 11 is 0. The van der Waals surface area contributed by atoms with E-state index in [0.29, 0.717) is 17.5 Å². The number of fused-ring (bicyclic) bond motifs is 6. The Labute approximate surface area is 324 Å².